The van der Waals surface area contributed by atoms with E-state index in [1.165, 1.54) is 48.8 Å². The molecule has 2 heterocycles. The van der Waals surface area contributed by atoms with Crippen LogP contribution in [0.3, 0.4) is 0 Å². The van der Waals surface area contributed by atoms with E-state index in [1.54, 1.807) is 0 Å². The van der Waals surface area contributed by atoms with Gasteiger partial charge in [-0.3, -0.25) is 19.3 Å². The van der Waals surface area contributed by atoms with Gasteiger partial charge in [0.05, 0.1) is 29.4 Å². The van der Waals surface area contributed by atoms with Crippen molar-refractivity contribution in [3.63, 3.8) is 0 Å². The first-order valence-electron chi connectivity index (χ1n) is 12.8. The van der Waals surface area contributed by atoms with E-state index in [0.29, 0.717) is 23.7 Å². The summed E-state index contributed by atoms with van der Waals surface area (Å²) in [6, 6.07) is 10.1. The Kier molecular flexibility index (Phi) is 8.56. The Hall–Kier alpha value is -4.27. The van der Waals surface area contributed by atoms with Crippen LogP contribution in [-0.2, 0) is 16.0 Å². The minimum absolute atomic E-state index is 0.00886. The average molecular weight is 617 g/mol. The molecule has 2 aromatic carbocycles. The van der Waals surface area contributed by atoms with Gasteiger partial charge in [-0.05, 0) is 54.7 Å². The zero-order chi connectivity index (χ0) is 30.0. The summed E-state index contributed by atoms with van der Waals surface area (Å²) in [5, 5.41) is 9.63. The highest BCUT2D eigenvalue weighted by molar-refractivity contribution is 6.35. The fourth-order valence-electron chi connectivity index (χ4n) is 4.44. The van der Waals surface area contributed by atoms with Crippen LogP contribution in [0.4, 0.5) is 8.78 Å². The molecule has 2 aliphatic rings. The number of pyridine rings is 1. The van der Waals surface area contributed by atoms with Gasteiger partial charge in [-0.1, -0.05) is 29.3 Å². The topological polar surface area (TPSA) is 120 Å². The van der Waals surface area contributed by atoms with E-state index in [0.717, 1.165) is 17.7 Å². The molecule has 2 amide bonds. The summed E-state index contributed by atoms with van der Waals surface area (Å²) < 4.78 is 42.3. The molecule has 1 N–H and O–H groups in total. The van der Waals surface area contributed by atoms with Gasteiger partial charge in [-0.2, -0.15) is 14.0 Å². The molecule has 216 valence electrons. The molecule has 0 spiro atoms. The number of aromatic nitrogens is 1. The molecule has 0 bridgehead atoms. The molecule has 0 radical (unpaired) electrons. The lowest BCUT2D eigenvalue weighted by atomic mass is 10.0. The van der Waals surface area contributed by atoms with E-state index in [2.05, 4.69) is 9.72 Å². The lowest BCUT2D eigenvalue weighted by molar-refractivity contribution is -0.377. The van der Waals surface area contributed by atoms with E-state index >= 15 is 0 Å². The second-order valence-corrected chi connectivity index (χ2v) is 10.5. The van der Waals surface area contributed by atoms with Crippen LogP contribution in [0.1, 0.15) is 56.4 Å². The fraction of sp³-hybridized carbons (Fsp3) is 0.276. The summed E-state index contributed by atoms with van der Waals surface area (Å²) in [5.74, 6) is -2.22. The van der Waals surface area contributed by atoms with Crippen molar-refractivity contribution in [2.45, 2.75) is 32.0 Å². The van der Waals surface area contributed by atoms with Gasteiger partial charge in [0, 0.05) is 12.0 Å². The van der Waals surface area contributed by atoms with Crippen LogP contribution in [0, 0.1) is 17.2 Å². The zero-order valence-electron chi connectivity index (χ0n) is 21.7. The molecule has 1 aliphatic carbocycles. The lowest BCUT2D eigenvalue weighted by Gasteiger charge is -2.22. The van der Waals surface area contributed by atoms with Crippen LogP contribution in [0.2, 0.25) is 10.0 Å². The number of hydrogen-bond acceptors (Lipinski definition) is 7. The quantitative estimate of drug-likeness (QED) is 0.215. The van der Waals surface area contributed by atoms with Gasteiger partial charge in [-0.25, -0.2) is 4.98 Å². The number of rotatable bonds is 11. The van der Waals surface area contributed by atoms with Crippen molar-refractivity contribution in [3.8, 4) is 17.6 Å². The number of carbonyl (C=O) groups is 3. The summed E-state index contributed by atoms with van der Waals surface area (Å²) >= 11 is 12.7. The SMILES string of the molecule is N#Cc1ccc2c(c1)C(=O)N(CC(=O)O[C@@H](Cc1c(Cl)c[nH+]cc1Cl)c1ccc(OC(F)F)c(OCC3CC3)c1)C2=O. The summed E-state index contributed by atoms with van der Waals surface area (Å²) in [5.41, 5.74) is 1.03. The molecule has 9 nitrogen and oxygen atoms in total. The Morgan fingerprint density at radius 1 is 1.05 bits per heavy atom. The van der Waals surface area contributed by atoms with Crippen molar-refractivity contribution < 1.29 is 42.4 Å². The number of imide groups is 1. The third-order valence-corrected chi connectivity index (χ3v) is 7.45. The Bertz CT molecular complexity index is 1590. The molecule has 42 heavy (non-hydrogen) atoms. The first kappa shape index (κ1) is 29.2. The molecule has 1 fully saturated rings. The highest BCUT2D eigenvalue weighted by Gasteiger charge is 2.38. The largest absolute Gasteiger partial charge is 0.489 e. The van der Waals surface area contributed by atoms with Crippen molar-refractivity contribution in [3.05, 3.63) is 86.7 Å². The fourth-order valence-corrected chi connectivity index (χ4v) is 4.97. The maximum absolute atomic E-state index is 13.2. The molecule has 1 aliphatic heterocycles. The van der Waals surface area contributed by atoms with E-state index in [-0.39, 0.29) is 44.7 Å². The molecule has 3 aromatic rings. The van der Waals surface area contributed by atoms with Crippen LogP contribution in [0.25, 0.3) is 0 Å². The van der Waals surface area contributed by atoms with Gasteiger partial charge in [0.15, 0.2) is 23.9 Å². The van der Waals surface area contributed by atoms with Gasteiger partial charge in [0.25, 0.3) is 11.8 Å². The Morgan fingerprint density at radius 3 is 2.43 bits per heavy atom. The smallest absolute Gasteiger partial charge is 0.387 e. The van der Waals surface area contributed by atoms with Crippen LogP contribution < -0.4 is 14.5 Å². The molecular weight excluding hydrogens is 595 g/mol. The Morgan fingerprint density at radius 2 is 1.76 bits per heavy atom. The van der Waals surface area contributed by atoms with Crippen molar-refractivity contribution in [2.75, 3.05) is 13.2 Å². The number of ether oxygens (including phenoxy) is 3. The maximum Gasteiger partial charge on any atom is 0.387 e. The predicted molar refractivity (Wildman–Crippen MR) is 143 cm³/mol. The lowest BCUT2D eigenvalue weighted by Crippen LogP contribution is -2.36. The van der Waals surface area contributed by atoms with Crippen LogP contribution in [-0.4, -0.2) is 42.4 Å². The molecule has 1 saturated carbocycles. The number of fused-ring (bicyclic) bond motifs is 1. The predicted octanol–water partition coefficient (Wildman–Crippen LogP) is 5.19. The normalized spacial score (nSPS) is 14.9. The van der Waals surface area contributed by atoms with Crippen molar-refractivity contribution >= 4 is 41.0 Å². The summed E-state index contributed by atoms with van der Waals surface area (Å²) in [6.07, 6.45) is 3.77. The van der Waals surface area contributed by atoms with Gasteiger partial charge >= 0.3 is 12.6 Å². The highest BCUT2D eigenvalue weighted by atomic mass is 35.5. The van der Waals surface area contributed by atoms with Crippen molar-refractivity contribution in [1.29, 1.82) is 5.26 Å². The minimum atomic E-state index is -3.09. The monoisotopic (exact) mass is 616 g/mol. The third-order valence-electron chi connectivity index (χ3n) is 6.77. The first-order chi connectivity index (χ1) is 20.1. The molecule has 5 rings (SSSR count). The summed E-state index contributed by atoms with van der Waals surface area (Å²) in [7, 11) is 0. The standard InChI is InChI=1S/C29H21Cl2F2N3O6/c30-21-11-35-12-22(31)20(21)9-24(17-4-6-23(42-29(32)33)25(8-17)40-14-15-1-2-15)41-26(37)13-36-27(38)18-5-3-16(10-34)7-19(18)28(36)39/h3-8,11-12,15,24,29H,1-2,9,13-14H2/p+1/t24-/m0/s1. The molecule has 0 unspecified atom stereocenters. The average Bonchev–Trinajstić information content (AvgIpc) is 3.76. The van der Waals surface area contributed by atoms with E-state index in [9.17, 15) is 23.2 Å². The van der Waals surface area contributed by atoms with Gasteiger partial charge in [0.2, 0.25) is 0 Å². The Balaban J connectivity index is 1.42. The molecule has 13 heteroatoms. The number of nitriles is 1. The first-order valence-corrected chi connectivity index (χ1v) is 13.6. The number of carbonyl (C=O) groups excluding carboxylic acids is 3. The van der Waals surface area contributed by atoms with Gasteiger partial charge < -0.3 is 14.2 Å². The number of benzene rings is 2. The molecule has 1 atom stereocenters. The minimum Gasteiger partial charge on any atom is -0.489 e. The molecule has 1 aromatic heterocycles. The Labute approximate surface area is 248 Å². The summed E-state index contributed by atoms with van der Waals surface area (Å²) in [4.78, 5) is 42.5. The van der Waals surface area contributed by atoms with E-state index in [4.69, 9.17) is 37.9 Å². The zero-order valence-corrected chi connectivity index (χ0v) is 23.3. The number of hydrogen-bond donors (Lipinski definition) is 0. The van der Waals surface area contributed by atoms with E-state index < -0.39 is 37.0 Å². The van der Waals surface area contributed by atoms with Crippen molar-refractivity contribution in [1.82, 2.24) is 4.90 Å². The number of esters is 1. The number of H-pyrrole nitrogens is 1. The number of alkyl halides is 2. The van der Waals surface area contributed by atoms with E-state index in [1.807, 2.05) is 6.07 Å². The summed E-state index contributed by atoms with van der Waals surface area (Å²) in [6.45, 7) is -3.51. The highest BCUT2D eigenvalue weighted by Crippen LogP contribution is 2.38. The van der Waals surface area contributed by atoms with Crippen molar-refractivity contribution in [2.24, 2.45) is 5.92 Å². The number of aromatic amines is 1. The third kappa shape index (κ3) is 6.45. The molecule has 0 saturated heterocycles. The second-order valence-electron chi connectivity index (χ2n) is 9.72. The maximum atomic E-state index is 13.2. The number of halogens is 4. The second kappa shape index (κ2) is 12.3. The van der Waals surface area contributed by atoms with Crippen LogP contribution in [0.15, 0.2) is 48.8 Å². The number of nitrogens with one attached hydrogen (secondary N) is 1. The van der Waals surface area contributed by atoms with Gasteiger partial charge in [-0.15, -0.1) is 0 Å². The number of amides is 2. The van der Waals surface area contributed by atoms with Crippen LogP contribution in [0.5, 0.6) is 11.5 Å². The molecular formula is C29H22Cl2F2N3O6+. The number of nitrogens with zero attached hydrogens (tertiary/aromatic N) is 2. The van der Waals surface area contributed by atoms with Gasteiger partial charge in [0.1, 0.15) is 22.7 Å². The van der Waals surface area contributed by atoms with Crippen LogP contribution >= 0.6 is 23.2 Å².